The van der Waals surface area contributed by atoms with E-state index in [2.05, 4.69) is 10.6 Å². The largest absolute Gasteiger partial charge is 0.416 e. The van der Waals surface area contributed by atoms with E-state index in [1.165, 1.54) is 30.3 Å². The molecule has 0 aromatic heterocycles. The van der Waals surface area contributed by atoms with Crippen LogP contribution in [0.15, 0.2) is 48.5 Å². The van der Waals surface area contributed by atoms with Crippen molar-refractivity contribution in [1.82, 2.24) is 5.32 Å². The van der Waals surface area contributed by atoms with Crippen molar-refractivity contribution >= 4 is 17.5 Å². The van der Waals surface area contributed by atoms with Crippen LogP contribution in [0.1, 0.15) is 23.5 Å². The maximum Gasteiger partial charge on any atom is 0.416 e. The Bertz CT molecular complexity index is 867. The van der Waals surface area contributed by atoms with Crippen molar-refractivity contribution in [2.75, 3.05) is 11.9 Å². The number of carbonyl (C=O) groups excluding carboxylic acids is 2. The van der Waals surface area contributed by atoms with Crippen LogP contribution in [-0.2, 0) is 15.8 Å². The summed E-state index contributed by atoms with van der Waals surface area (Å²) in [5, 5.41) is 4.90. The SMILES string of the molecule is O=C1NCCC(c2cccc(C(F)(F)F)c2)C1C(=O)Nc1ccccc1F. The Morgan fingerprint density at radius 2 is 1.85 bits per heavy atom. The van der Waals surface area contributed by atoms with Crippen LogP contribution in [0.25, 0.3) is 0 Å². The molecule has 2 N–H and O–H groups in total. The van der Waals surface area contributed by atoms with E-state index in [0.717, 1.165) is 18.2 Å². The number of amides is 2. The van der Waals surface area contributed by atoms with Crippen LogP contribution in [0.4, 0.5) is 23.2 Å². The minimum Gasteiger partial charge on any atom is -0.355 e. The topological polar surface area (TPSA) is 58.2 Å². The Labute approximate surface area is 152 Å². The standard InChI is InChI=1S/C19H16F4N2O2/c20-14-6-1-2-7-15(14)25-18(27)16-13(8-9-24-17(16)26)11-4-3-5-12(10-11)19(21,22)23/h1-7,10,13,16H,8-9H2,(H,24,26)(H,25,27). The fourth-order valence-corrected chi connectivity index (χ4v) is 3.19. The Hall–Kier alpha value is -2.90. The monoisotopic (exact) mass is 380 g/mol. The van der Waals surface area contributed by atoms with Crippen molar-refractivity contribution in [3.8, 4) is 0 Å². The van der Waals surface area contributed by atoms with Gasteiger partial charge in [-0.15, -0.1) is 0 Å². The van der Waals surface area contributed by atoms with E-state index in [1.807, 2.05) is 0 Å². The quantitative estimate of drug-likeness (QED) is 0.630. The summed E-state index contributed by atoms with van der Waals surface area (Å²) in [4.78, 5) is 24.9. The molecule has 8 heteroatoms. The van der Waals surface area contributed by atoms with Crippen molar-refractivity contribution in [2.45, 2.75) is 18.5 Å². The van der Waals surface area contributed by atoms with Gasteiger partial charge in [-0.3, -0.25) is 9.59 Å². The van der Waals surface area contributed by atoms with Crippen molar-refractivity contribution in [3.63, 3.8) is 0 Å². The van der Waals surface area contributed by atoms with Gasteiger partial charge >= 0.3 is 6.18 Å². The molecule has 0 bridgehead atoms. The van der Waals surface area contributed by atoms with Crippen LogP contribution in [0, 0.1) is 11.7 Å². The van der Waals surface area contributed by atoms with Crippen molar-refractivity contribution in [2.24, 2.45) is 5.92 Å². The fraction of sp³-hybridized carbons (Fsp3) is 0.263. The summed E-state index contributed by atoms with van der Waals surface area (Å²) in [5.74, 6) is -4.04. The van der Waals surface area contributed by atoms with Crippen LogP contribution < -0.4 is 10.6 Å². The van der Waals surface area contributed by atoms with Gasteiger partial charge < -0.3 is 10.6 Å². The number of para-hydroxylation sites is 1. The molecule has 1 saturated heterocycles. The molecule has 1 fully saturated rings. The summed E-state index contributed by atoms with van der Waals surface area (Å²) in [7, 11) is 0. The average Bonchev–Trinajstić information content (AvgIpc) is 2.62. The van der Waals surface area contributed by atoms with E-state index >= 15 is 0 Å². The zero-order valence-electron chi connectivity index (χ0n) is 14.0. The molecule has 4 nitrogen and oxygen atoms in total. The van der Waals surface area contributed by atoms with Crippen LogP contribution in [-0.4, -0.2) is 18.4 Å². The van der Waals surface area contributed by atoms with Gasteiger partial charge in [0.1, 0.15) is 11.7 Å². The number of rotatable bonds is 3. The van der Waals surface area contributed by atoms with Gasteiger partial charge in [-0.25, -0.2) is 4.39 Å². The highest BCUT2D eigenvalue weighted by Gasteiger charge is 2.40. The van der Waals surface area contributed by atoms with E-state index in [-0.39, 0.29) is 17.8 Å². The fourth-order valence-electron chi connectivity index (χ4n) is 3.19. The molecule has 3 rings (SSSR count). The van der Waals surface area contributed by atoms with Crippen LogP contribution in [0.3, 0.4) is 0 Å². The van der Waals surface area contributed by atoms with Crippen molar-refractivity contribution in [1.29, 1.82) is 0 Å². The molecule has 0 aliphatic carbocycles. The normalized spacial score (nSPS) is 20.1. The minimum atomic E-state index is -4.53. The number of alkyl halides is 3. The molecule has 1 heterocycles. The number of benzene rings is 2. The molecule has 2 amide bonds. The zero-order valence-corrected chi connectivity index (χ0v) is 14.0. The second-order valence-electron chi connectivity index (χ2n) is 6.26. The lowest BCUT2D eigenvalue weighted by molar-refractivity contribution is -0.137. The van der Waals surface area contributed by atoms with Gasteiger partial charge in [0.15, 0.2) is 0 Å². The Kier molecular flexibility index (Phi) is 5.16. The van der Waals surface area contributed by atoms with Gasteiger partial charge in [-0.05, 0) is 30.2 Å². The first kappa shape index (κ1) is 18.9. The molecule has 2 atom stereocenters. The van der Waals surface area contributed by atoms with Gasteiger partial charge in [0.25, 0.3) is 0 Å². The third-order valence-corrected chi connectivity index (χ3v) is 4.50. The van der Waals surface area contributed by atoms with E-state index in [9.17, 15) is 27.2 Å². The number of nitrogens with one attached hydrogen (secondary N) is 2. The second kappa shape index (κ2) is 7.38. The molecule has 1 aliphatic rings. The third-order valence-electron chi connectivity index (χ3n) is 4.50. The number of halogens is 4. The number of anilines is 1. The van der Waals surface area contributed by atoms with Crippen LogP contribution in [0.5, 0.6) is 0 Å². The molecular formula is C19H16F4N2O2. The first-order valence-corrected chi connectivity index (χ1v) is 8.27. The van der Waals surface area contributed by atoms with E-state index in [1.54, 1.807) is 0 Å². The molecule has 2 aromatic carbocycles. The predicted octanol–water partition coefficient (Wildman–Crippen LogP) is 3.70. The maximum absolute atomic E-state index is 13.8. The van der Waals surface area contributed by atoms with E-state index < -0.39 is 41.2 Å². The molecule has 0 spiro atoms. The first-order chi connectivity index (χ1) is 12.8. The van der Waals surface area contributed by atoms with E-state index in [0.29, 0.717) is 6.42 Å². The minimum absolute atomic E-state index is 0.0938. The lowest BCUT2D eigenvalue weighted by Gasteiger charge is -2.31. The van der Waals surface area contributed by atoms with Gasteiger partial charge in [0.05, 0.1) is 11.3 Å². The summed E-state index contributed by atoms with van der Waals surface area (Å²) in [6.07, 6.45) is -4.24. The number of hydrogen-bond acceptors (Lipinski definition) is 2. The smallest absolute Gasteiger partial charge is 0.355 e. The van der Waals surface area contributed by atoms with E-state index in [4.69, 9.17) is 0 Å². The Balaban J connectivity index is 1.91. The molecule has 1 aliphatic heterocycles. The molecule has 0 radical (unpaired) electrons. The summed E-state index contributed by atoms with van der Waals surface area (Å²) in [6.45, 7) is 0.239. The van der Waals surface area contributed by atoms with Gasteiger partial charge in [-0.1, -0.05) is 30.3 Å². The van der Waals surface area contributed by atoms with Crippen molar-refractivity contribution < 1.29 is 27.2 Å². The summed E-state index contributed by atoms with van der Waals surface area (Å²) < 4.78 is 52.8. The van der Waals surface area contributed by atoms with Crippen molar-refractivity contribution in [3.05, 3.63) is 65.5 Å². The summed E-state index contributed by atoms with van der Waals surface area (Å²) in [5.41, 5.74) is -0.698. The van der Waals surface area contributed by atoms with Crippen LogP contribution in [0.2, 0.25) is 0 Å². The highest BCUT2D eigenvalue weighted by Crippen LogP contribution is 2.36. The number of carbonyl (C=O) groups is 2. The zero-order chi connectivity index (χ0) is 19.6. The number of hydrogen-bond donors (Lipinski definition) is 2. The van der Waals surface area contributed by atoms with Gasteiger partial charge in [0.2, 0.25) is 11.8 Å². The predicted molar refractivity (Wildman–Crippen MR) is 90.3 cm³/mol. The molecule has 2 aromatic rings. The number of piperidine rings is 1. The average molecular weight is 380 g/mol. The molecule has 2 unspecified atom stereocenters. The third kappa shape index (κ3) is 4.10. The maximum atomic E-state index is 13.8. The summed E-state index contributed by atoms with van der Waals surface area (Å²) in [6, 6.07) is 10.0. The molecule has 142 valence electrons. The van der Waals surface area contributed by atoms with Gasteiger partial charge in [0, 0.05) is 12.5 Å². The lowest BCUT2D eigenvalue weighted by atomic mass is 9.79. The Morgan fingerprint density at radius 1 is 1.11 bits per heavy atom. The summed E-state index contributed by atoms with van der Waals surface area (Å²) >= 11 is 0. The first-order valence-electron chi connectivity index (χ1n) is 8.27. The van der Waals surface area contributed by atoms with Crippen LogP contribution >= 0.6 is 0 Å². The Morgan fingerprint density at radius 3 is 2.56 bits per heavy atom. The highest BCUT2D eigenvalue weighted by atomic mass is 19.4. The lowest BCUT2D eigenvalue weighted by Crippen LogP contribution is -2.46. The second-order valence-corrected chi connectivity index (χ2v) is 6.26. The van der Waals surface area contributed by atoms with Gasteiger partial charge in [-0.2, -0.15) is 13.2 Å². The molecule has 0 saturated carbocycles. The molecular weight excluding hydrogens is 364 g/mol. The molecule has 27 heavy (non-hydrogen) atoms. The highest BCUT2D eigenvalue weighted by molar-refractivity contribution is 6.07.